The Bertz CT molecular complexity index is 442. The lowest BCUT2D eigenvalue weighted by Crippen LogP contribution is -2.42. The Morgan fingerprint density at radius 1 is 1.22 bits per heavy atom. The van der Waals surface area contributed by atoms with Crippen molar-refractivity contribution in [2.45, 2.75) is 19.9 Å². The molecule has 1 rings (SSSR count). The van der Waals surface area contributed by atoms with Gasteiger partial charge in [-0.25, -0.2) is 4.79 Å². The van der Waals surface area contributed by atoms with Gasteiger partial charge in [-0.3, -0.25) is 9.59 Å². The van der Waals surface area contributed by atoms with Crippen molar-refractivity contribution >= 4 is 17.7 Å². The third-order valence-corrected chi connectivity index (χ3v) is 2.25. The van der Waals surface area contributed by atoms with E-state index in [1.54, 1.807) is 37.3 Å². The molecule has 0 heterocycles. The number of ether oxygens (including phenoxy) is 1. The summed E-state index contributed by atoms with van der Waals surface area (Å²) in [6.45, 7) is 3.18. The summed E-state index contributed by atoms with van der Waals surface area (Å²) in [5, 5.41) is 2.45. The van der Waals surface area contributed by atoms with Crippen molar-refractivity contribution in [2.24, 2.45) is 0 Å². The van der Waals surface area contributed by atoms with Crippen LogP contribution in [0.15, 0.2) is 30.3 Å². The molecule has 0 spiro atoms. The van der Waals surface area contributed by atoms with E-state index in [4.69, 9.17) is 0 Å². The maximum absolute atomic E-state index is 11.7. The summed E-state index contributed by atoms with van der Waals surface area (Å²) in [7, 11) is 0. The molecule has 0 aromatic heterocycles. The highest BCUT2D eigenvalue weighted by molar-refractivity contribution is 6.36. The molecule has 1 aromatic rings. The van der Waals surface area contributed by atoms with Gasteiger partial charge in [0, 0.05) is 5.56 Å². The van der Waals surface area contributed by atoms with Crippen molar-refractivity contribution in [2.75, 3.05) is 6.61 Å². The van der Waals surface area contributed by atoms with Gasteiger partial charge in [-0.15, -0.1) is 0 Å². The molecule has 0 bridgehead atoms. The fourth-order valence-electron chi connectivity index (χ4n) is 1.31. The van der Waals surface area contributed by atoms with E-state index in [2.05, 4.69) is 10.1 Å². The van der Waals surface area contributed by atoms with Gasteiger partial charge in [0.25, 0.3) is 11.7 Å². The molecule has 0 radical (unpaired) electrons. The average molecular weight is 249 g/mol. The van der Waals surface area contributed by atoms with Gasteiger partial charge in [-0.2, -0.15) is 0 Å². The fourth-order valence-corrected chi connectivity index (χ4v) is 1.31. The lowest BCUT2D eigenvalue weighted by atomic mass is 10.1. The zero-order chi connectivity index (χ0) is 13.5. The highest BCUT2D eigenvalue weighted by atomic mass is 16.5. The zero-order valence-electron chi connectivity index (χ0n) is 10.3. The van der Waals surface area contributed by atoms with E-state index in [0.717, 1.165) is 0 Å². The summed E-state index contributed by atoms with van der Waals surface area (Å²) in [6, 6.07) is 7.55. The van der Waals surface area contributed by atoms with Crippen molar-refractivity contribution in [3.8, 4) is 0 Å². The Labute approximate surface area is 105 Å². The molecular formula is C13H15NO4. The second kappa shape index (κ2) is 6.54. The lowest BCUT2D eigenvalue weighted by Gasteiger charge is -2.11. The van der Waals surface area contributed by atoms with Crippen LogP contribution >= 0.6 is 0 Å². The zero-order valence-corrected chi connectivity index (χ0v) is 10.3. The van der Waals surface area contributed by atoms with Crippen LogP contribution in [-0.4, -0.2) is 30.3 Å². The Morgan fingerprint density at radius 3 is 2.39 bits per heavy atom. The van der Waals surface area contributed by atoms with E-state index >= 15 is 0 Å². The van der Waals surface area contributed by atoms with E-state index in [0.29, 0.717) is 5.56 Å². The highest BCUT2D eigenvalue weighted by Crippen LogP contribution is 1.99. The van der Waals surface area contributed by atoms with E-state index in [9.17, 15) is 14.4 Å². The molecule has 0 aliphatic carbocycles. The molecular weight excluding hydrogens is 234 g/mol. The number of nitrogens with one attached hydrogen (secondary N) is 1. The maximum atomic E-state index is 11.7. The molecule has 0 aliphatic heterocycles. The van der Waals surface area contributed by atoms with Gasteiger partial charge in [0.2, 0.25) is 0 Å². The average Bonchev–Trinajstić information content (AvgIpc) is 2.39. The molecule has 1 N–H and O–H groups in total. The molecule has 5 heteroatoms. The smallest absolute Gasteiger partial charge is 0.376 e. The summed E-state index contributed by atoms with van der Waals surface area (Å²) >= 11 is 0. The lowest BCUT2D eigenvalue weighted by molar-refractivity contribution is -0.154. The van der Waals surface area contributed by atoms with Crippen LogP contribution in [0.25, 0.3) is 0 Å². The first-order valence-corrected chi connectivity index (χ1v) is 5.63. The number of esters is 1. The molecule has 1 atom stereocenters. The number of benzene rings is 1. The second-order valence-corrected chi connectivity index (χ2v) is 3.65. The first-order chi connectivity index (χ1) is 8.56. The molecule has 0 aliphatic rings. The van der Waals surface area contributed by atoms with Crippen molar-refractivity contribution in [3.63, 3.8) is 0 Å². The maximum Gasteiger partial charge on any atom is 0.376 e. The van der Waals surface area contributed by atoms with E-state index in [1.165, 1.54) is 6.92 Å². The predicted molar refractivity (Wildman–Crippen MR) is 65.0 cm³/mol. The van der Waals surface area contributed by atoms with Gasteiger partial charge < -0.3 is 10.1 Å². The summed E-state index contributed by atoms with van der Waals surface area (Å²) < 4.78 is 4.57. The third-order valence-electron chi connectivity index (χ3n) is 2.25. The molecule has 1 amide bonds. The van der Waals surface area contributed by atoms with Crippen molar-refractivity contribution in [1.82, 2.24) is 5.32 Å². The van der Waals surface area contributed by atoms with Gasteiger partial charge >= 0.3 is 5.97 Å². The SMILES string of the molecule is CCOC(=O)C(=O)C(C)NC(=O)c1ccccc1. The number of Topliss-reactive ketones (excluding diaryl/α,β-unsaturated/α-hetero) is 1. The number of carbonyl (C=O) groups excluding carboxylic acids is 3. The minimum atomic E-state index is -0.932. The van der Waals surface area contributed by atoms with Crippen LogP contribution in [0.2, 0.25) is 0 Å². The monoisotopic (exact) mass is 249 g/mol. The molecule has 1 aromatic carbocycles. The topological polar surface area (TPSA) is 72.5 Å². The number of ketones is 1. The van der Waals surface area contributed by atoms with Crippen molar-refractivity contribution in [1.29, 1.82) is 0 Å². The van der Waals surface area contributed by atoms with Crippen LogP contribution in [0.1, 0.15) is 24.2 Å². The Kier molecular flexibility index (Phi) is 5.05. The van der Waals surface area contributed by atoms with Gasteiger partial charge in [-0.1, -0.05) is 18.2 Å². The predicted octanol–water partition coefficient (Wildman–Crippen LogP) is 0.937. The van der Waals surface area contributed by atoms with Crippen molar-refractivity contribution < 1.29 is 19.1 Å². The van der Waals surface area contributed by atoms with E-state index in [-0.39, 0.29) is 6.61 Å². The first kappa shape index (κ1) is 13.9. The highest BCUT2D eigenvalue weighted by Gasteiger charge is 2.24. The number of hydrogen-bond acceptors (Lipinski definition) is 4. The van der Waals surface area contributed by atoms with E-state index < -0.39 is 23.7 Å². The van der Waals surface area contributed by atoms with Crippen LogP contribution < -0.4 is 5.32 Å². The first-order valence-electron chi connectivity index (χ1n) is 5.63. The minimum Gasteiger partial charge on any atom is -0.460 e. The molecule has 18 heavy (non-hydrogen) atoms. The van der Waals surface area contributed by atoms with Crippen molar-refractivity contribution in [3.05, 3.63) is 35.9 Å². The molecule has 5 nitrogen and oxygen atoms in total. The normalized spacial score (nSPS) is 11.4. The molecule has 0 fully saturated rings. The van der Waals surface area contributed by atoms with Crippen LogP contribution in [0.4, 0.5) is 0 Å². The standard InChI is InChI=1S/C13H15NO4/c1-3-18-13(17)11(15)9(2)14-12(16)10-7-5-4-6-8-10/h4-9H,3H2,1-2H3,(H,14,16). The Morgan fingerprint density at radius 2 is 1.83 bits per heavy atom. The fraction of sp³-hybridized carbons (Fsp3) is 0.308. The summed E-state index contributed by atoms with van der Waals surface area (Å²) in [5.41, 5.74) is 0.431. The number of carbonyl (C=O) groups is 3. The molecule has 1 unspecified atom stereocenters. The van der Waals surface area contributed by atoms with Gasteiger partial charge in [0.15, 0.2) is 0 Å². The third kappa shape index (κ3) is 3.69. The molecule has 0 saturated heterocycles. The van der Waals surface area contributed by atoms with Gasteiger partial charge in [0.05, 0.1) is 12.6 Å². The summed E-state index contributed by atoms with van der Waals surface area (Å²) in [6.07, 6.45) is 0. The Hall–Kier alpha value is -2.17. The number of amides is 1. The van der Waals surface area contributed by atoms with Crippen LogP contribution in [-0.2, 0) is 14.3 Å². The molecule has 96 valence electrons. The van der Waals surface area contributed by atoms with Crippen LogP contribution in [0, 0.1) is 0 Å². The minimum absolute atomic E-state index is 0.129. The largest absolute Gasteiger partial charge is 0.460 e. The Balaban J connectivity index is 2.60. The summed E-state index contributed by atoms with van der Waals surface area (Å²) in [5.74, 6) is -2.10. The summed E-state index contributed by atoms with van der Waals surface area (Å²) in [4.78, 5) is 34.4. The molecule has 0 saturated carbocycles. The van der Waals surface area contributed by atoms with Crippen LogP contribution in [0.5, 0.6) is 0 Å². The number of hydrogen-bond donors (Lipinski definition) is 1. The number of rotatable bonds is 5. The van der Waals surface area contributed by atoms with Gasteiger partial charge in [0.1, 0.15) is 0 Å². The quantitative estimate of drug-likeness (QED) is 0.622. The second-order valence-electron chi connectivity index (χ2n) is 3.65. The van der Waals surface area contributed by atoms with Crippen LogP contribution in [0.3, 0.4) is 0 Å². The van der Waals surface area contributed by atoms with Gasteiger partial charge in [-0.05, 0) is 26.0 Å². The van der Waals surface area contributed by atoms with E-state index in [1.807, 2.05) is 0 Å².